The first kappa shape index (κ1) is 53.7. The summed E-state index contributed by atoms with van der Waals surface area (Å²) >= 11 is 0. The maximum absolute atomic E-state index is 12.5. The van der Waals surface area contributed by atoms with E-state index in [-0.39, 0.29) is 38.8 Å². The third-order valence-corrected chi connectivity index (χ3v) is 9.87. The molecule has 0 aliphatic rings. The number of aliphatic hydroxyl groups is 1. The average Bonchev–Trinajstić information content (AvgIpc) is 3.15. The zero-order valence-electron chi connectivity index (χ0n) is 36.0. The van der Waals surface area contributed by atoms with Crippen LogP contribution in [0, 0.1) is 0 Å². The SMILES string of the molecule is CCCCCC/C=C\CCCCCCCC/C=C/O[C@H](COC(=O)CCC/C=C\C/C=C\C/C=C\C/C=C\CCCCCO)COP(=O)(O)OCC[N+](C)(C)C. The number of esters is 1. The molecule has 0 radical (unpaired) electrons. The van der Waals surface area contributed by atoms with Gasteiger partial charge in [0.25, 0.3) is 0 Å². The third kappa shape index (κ3) is 42.9. The minimum absolute atomic E-state index is 0.0720. The Morgan fingerprint density at radius 1 is 0.607 bits per heavy atom. The molecule has 0 saturated heterocycles. The van der Waals surface area contributed by atoms with Crippen LogP contribution >= 0.6 is 7.82 Å². The van der Waals surface area contributed by atoms with Gasteiger partial charge in [-0.15, -0.1) is 0 Å². The number of phosphoric ester groups is 1. The molecule has 0 amide bonds. The third-order valence-electron chi connectivity index (χ3n) is 8.88. The molecular weight excluding hydrogens is 725 g/mol. The Labute approximate surface area is 343 Å². The minimum atomic E-state index is -4.29. The Morgan fingerprint density at radius 3 is 1.61 bits per heavy atom. The number of allylic oxidation sites excluding steroid dienone is 11. The first-order chi connectivity index (χ1) is 27.1. The van der Waals surface area contributed by atoms with E-state index in [9.17, 15) is 14.3 Å². The number of quaternary nitrogens is 1. The number of aliphatic hydroxyl groups excluding tert-OH is 1. The smallest absolute Gasteiger partial charge is 0.472 e. The van der Waals surface area contributed by atoms with E-state index in [0.29, 0.717) is 17.4 Å². The van der Waals surface area contributed by atoms with Crippen LogP contribution in [0.2, 0.25) is 0 Å². The van der Waals surface area contributed by atoms with E-state index >= 15 is 0 Å². The quantitative estimate of drug-likeness (QED) is 0.0157. The van der Waals surface area contributed by atoms with E-state index in [1.54, 1.807) is 6.26 Å². The second kappa shape index (κ2) is 39.6. The summed E-state index contributed by atoms with van der Waals surface area (Å²) in [6.45, 7) is 2.81. The van der Waals surface area contributed by atoms with Crippen molar-refractivity contribution in [3.8, 4) is 0 Å². The number of likely N-dealkylation sites (N-methyl/N-ethyl adjacent to an activating group) is 1. The molecule has 0 aromatic rings. The van der Waals surface area contributed by atoms with Crippen LogP contribution in [0.1, 0.15) is 155 Å². The maximum Gasteiger partial charge on any atom is 0.472 e. The molecule has 10 heteroatoms. The van der Waals surface area contributed by atoms with Gasteiger partial charge in [0.1, 0.15) is 19.8 Å². The second-order valence-electron chi connectivity index (χ2n) is 15.5. The Bertz CT molecular complexity index is 1120. The lowest BCUT2D eigenvalue weighted by Crippen LogP contribution is -2.37. The van der Waals surface area contributed by atoms with Gasteiger partial charge in [-0.25, -0.2) is 4.57 Å². The van der Waals surface area contributed by atoms with Gasteiger partial charge in [0.05, 0.1) is 34.0 Å². The molecule has 0 aliphatic carbocycles. The highest BCUT2D eigenvalue weighted by atomic mass is 31.2. The Kier molecular flexibility index (Phi) is 38.0. The van der Waals surface area contributed by atoms with Crippen molar-refractivity contribution in [2.75, 3.05) is 54.1 Å². The van der Waals surface area contributed by atoms with Crippen molar-refractivity contribution in [1.29, 1.82) is 0 Å². The normalized spacial score (nSPS) is 14.4. The highest BCUT2D eigenvalue weighted by Gasteiger charge is 2.25. The zero-order valence-corrected chi connectivity index (χ0v) is 36.9. The Hall–Kier alpha value is -2.26. The van der Waals surface area contributed by atoms with Crippen LogP contribution in [0.15, 0.2) is 73.1 Å². The summed E-state index contributed by atoms with van der Waals surface area (Å²) in [7, 11) is 1.61. The van der Waals surface area contributed by atoms with Gasteiger partial charge in [-0.2, -0.15) is 0 Å². The molecule has 0 heterocycles. The average molecular weight is 809 g/mol. The predicted molar refractivity (Wildman–Crippen MR) is 234 cm³/mol. The van der Waals surface area contributed by atoms with Crippen molar-refractivity contribution in [2.24, 2.45) is 0 Å². The van der Waals surface area contributed by atoms with Crippen molar-refractivity contribution >= 4 is 13.8 Å². The number of rotatable bonds is 40. The first-order valence-electron chi connectivity index (χ1n) is 21.8. The molecule has 1 unspecified atom stereocenters. The van der Waals surface area contributed by atoms with Crippen LogP contribution < -0.4 is 0 Å². The lowest BCUT2D eigenvalue weighted by Gasteiger charge is -2.24. The van der Waals surface area contributed by atoms with Crippen LogP contribution in [-0.2, 0) is 27.9 Å². The molecule has 324 valence electrons. The Morgan fingerprint density at radius 2 is 1.07 bits per heavy atom. The van der Waals surface area contributed by atoms with Crippen molar-refractivity contribution < 1.29 is 42.4 Å². The molecule has 56 heavy (non-hydrogen) atoms. The Balaban J connectivity index is 4.40. The van der Waals surface area contributed by atoms with Gasteiger partial charge in [-0.3, -0.25) is 13.8 Å². The number of carbonyl (C=O) groups excluding carboxylic acids is 1. The van der Waals surface area contributed by atoms with Gasteiger partial charge in [0, 0.05) is 13.0 Å². The molecule has 2 N–H and O–H groups in total. The summed E-state index contributed by atoms with van der Waals surface area (Å²) in [6.07, 6.45) is 49.1. The maximum atomic E-state index is 12.5. The largest absolute Gasteiger partial charge is 0.492 e. The molecule has 0 bridgehead atoms. The summed E-state index contributed by atoms with van der Waals surface area (Å²) in [5.74, 6) is -0.344. The van der Waals surface area contributed by atoms with E-state index < -0.39 is 13.9 Å². The van der Waals surface area contributed by atoms with Crippen LogP contribution in [0.5, 0.6) is 0 Å². The highest BCUT2D eigenvalue weighted by Crippen LogP contribution is 2.43. The molecule has 0 rings (SSSR count). The first-order valence-corrected chi connectivity index (χ1v) is 23.3. The number of hydrogen-bond donors (Lipinski definition) is 2. The standard InChI is InChI=1S/C46H82NO8P/c1-5-6-7-8-9-10-11-12-13-19-22-25-28-31-34-37-41-52-45(44-55-56(50,51)54-42-39-47(2,3)4)43-53-46(49)38-35-32-29-26-23-20-17-15-14-16-18-21-24-27-30-33-36-40-48/h10-11,14,16-17,20-21,24,26,29,37,41,45,48H,5-9,12-13,15,18-19,22-23,25,27-28,30-36,38-40,42-44H2,1-4H3/p+1/b11-10-,16-14-,20-17-,24-21-,29-26-,41-37+/t45-/m1/s1. The molecule has 0 fully saturated rings. The molecule has 0 aliphatic heterocycles. The van der Waals surface area contributed by atoms with E-state index in [0.717, 1.165) is 70.6 Å². The van der Waals surface area contributed by atoms with Crippen molar-refractivity contribution in [3.63, 3.8) is 0 Å². The predicted octanol–water partition coefficient (Wildman–Crippen LogP) is 12.0. The zero-order chi connectivity index (χ0) is 41.3. The molecule has 0 spiro atoms. The topological polar surface area (TPSA) is 112 Å². The van der Waals surface area contributed by atoms with E-state index in [2.05, 4.69) is 67.7 Å². The van der Waals surface area contributed by atoms with Gasteiger partial charge >= 0.3 is 13.8 Å². The van der Waals surface area contributed by atoms with Crippen molar-refractivity contribution in [3.05, 3.63) is 73.1 Å². The number of unbranched alkanes of at least 4 members (excludes halogenated alkanes) is 15. The van der Waals surface area contributed by atoms with Gasteiger partial charge in [-0.05, 0) is 96.0 Å². The van der Waals surface area contributed by atoms with Crippen LogP contribution in [-0.4, -0.2) is 80.7 Å². The molecule has 0 aromatic carbocycles. The summed E-state index contributed by atoms with van der Waals surface area (Å²) in [4.78, 5) is 22.6. The van der Waals surface area contributed by atoms with Gasteiger partial charge in [-0.1, -0.05) is 119 Å². The number of nitrogens with zero attached hydrogens (tertiary/aromatic N) is 1. The fraction of sp³-hybridized carbons (Fsp3) is 0.717. The van der Waals surface area contributed by atoms with E-state index in [1.165, 1.54) is 64.2 Å². The molecule has 2 atom stereocenters. The summed E-state index contributed by atoms with van der Waals surface area (Å²) < 4.78 is 34.7. The van der Waals surface area contributed by atoms with E-state index in [1.807, 2.05) is 27.2 Å². The van der Waals surface area contributed by atoms with Crippen molar-refractivity contribution in [2.45, 2.75) is 161 Å². The lowest BCUT2D eigenvalue weighted by atomic mass is 10.1. The molecule has 0 saturated carbocycles. The number of carbonyl (C=O) groups is 1. The van der Waals surface area contributed by atoms with Gasteiger partial charge < -0.3 is 24.0 Å². The van der Waals surface area contributed by atoms with Crippen LogP contribution in [0.25, 0.3) is 0 Å². The fourth-order valence-electron chi connectivity index (χ4n) is 5.38. The highest BCUT2D eigenvalue weighted by molar-refractivity contribution is 7.47. The number of phosphoric acid groups is 1. The van der Waals surface area contributed by atoms with Crippen LogP contribution in [0.3, 0.4) is 0 Å². The summed E-state index contributed by atoms with van der Waals surface area (Å²) in [5.41, 5.74) is 0. The van der Waals surface area contributed by atoms with Gasteiger partial charge in [0.15, 0.2) is 6.10 Å². The molecular formula is C46H83NO8P+. The van der Waals surface area contributed by atoms with Crippen molar-refractivity contribution in [1.82, 2.24) is 0 Å². The van der Waals surface area contributed by atoms with Gasteiger partial charge in [0.2, 0.25) is 0 Å². The molecule has 0 aromatic heterocycles. The fourth-order valence-corrected chi connectivity index (χ4v) is 6.13. The van der Waals surface area contributed by atoms with E-state index in [4.69, 9.17) is 23.6 Å². The lowest BCUT2D eigenvalue weighted by molar-refractivity contribution is -0.870. The molecule has 9 nitrogen and oxygen atoms in total. The minimum Gasteiger partial charge on any atom is -0.492 e. The summed E-state index contributed by atoms with van der Waals surface area (Å²) in [6, 6.07) is 0. The monoisotopic (exact) mass is 809 g/mol. The summed E-state index contributed by atoms with van der Waals surface area (Å²) in [5, 5.41) is 8.80. The van der Waals surface area contributed by atoms with Crippen LogP contribution in [0.4, 0.5) is 0 Å². The second-order valence-corrected chi connectivity index (χ2v) is 17.0. The number of ether oxygens (including phenoxy) is 2. The number of hydrogen-bond acceptors (Lipinski definition) is 7.